The van der Waals surface area contributed by atoms with Gasteiger partial charge in [0.2, 0.25) is 5.91 Å². The van der Waals surface area contributed by atoms with Crippen molar-refractivity contribution in [1.82, 2.24) is 19.9 Å². The van der Waals surface area contributed by atoms with Crippen LogP contribution in [0.15, 0.2) is 24.4 Å². The Bertz CT molecular complexity index is 594. The Kier molecular flexibility index (Phi) is 4.34. The molecule has 0 saturated heterocycles. The number of fused-ring (bicyclic) bond motifs is 1. The summed E-state index contributed by atoms with van der Waals surface area (Å²) in [4.78, 5) is 12.1. The van der Waals surface area contributed by atoms with Gasteiger partial charge in [0, 0.05) is 6.20 Å². The van der Waals surface area contributed by atoms with Crippen LogP contribution in [0.25, 0.3) is 5.65 Å². The van der Waals surface area contributed by atoms with Crippen LogP contribution >= 0.6 is 0 Å². The quantitative estimate of drug-likeness (QED) is 0.860. The lowest BCUT2D eigenvalue weighted by atomic mass is 9.99. The molecule has 3 atom stereocenters. The Hall–Kier alpha value is -1.95. The van der Waals surface area contributed by atoms with Gasteiger partial charge in [-0.2, -0.15) is 0 Å². The second-order valence-electron chi connectivity index (χ2n) is 5.13. The number of carbonyl (C=O) groups excluding carboxylic acids is 1. The molecule has 0 aliphatic heterocycles. The van der Waals surface area contributed by atoms with Gasteiger partial charge in [0.25, 0.3) is 0 Å². The van der Waals surface area contributed by atoms with Crippen molar-refractivity contribution in [3.63, 3.8) is 0 Å². The fourth-order valence-electron chi connectivity index (χ4n) is 2.04. The minimum Gasteiger partial charge on any atom is -0.345 e. The zero-order valence-corrected chi connectivity index (χ0v) is 12.1. The maximum atomic E-state index is 12.1. The van der Waals surface area contributed by atoms with Crippen LogP contribution in [0.2, 0.25) is 0 Å². The second kappa shape index (κ2) is 6.00. The van der Waals surface area contributed by atoms with Gasteiger partial charge in [0.05, 0.1) is 12.1 Å². The number of hydrogen-bond acceptors (Lipinski definition) is 4. The minimum absolute atomic E-state index is 0.150. The average Bonchev–Trinajstić information content (AvgIpc) is 2.89. The minimum atomic E-state index is -0.498. The third kappa shape index (κ3) is 2.80. The molecule has 2 heterocycles. The van der Waals surface area contributed by atoms with Crippen LogP contribution in [0, 0.1) is 5.92 Å². The van der Waals surface area contributed by atoms with Crippen molar-refractivity contribution in [3.8, 4) is 0 Å². The van der Waals surface area contributed by atoms with Gasteiger partial charge in [-0.15, -0.1) is 10.2 Å². The van der Waals surface area contributed by atoms with E-state index >= 15 is 0 Å². The van der Waals surface area contributed by atoms with Gasteiger partial charge < -0.3 is 11.1 Å². The van der Waals surface area contributed by atoms with E-state index in [1.807, 2.05) is 49.6 Å². The summed E-state index contributed by atoms with van der Waals surface area (Å²) in [7, 11) is 0. The van der Waals surface area contributed by atoms with E-state index in [-0.39, 0.29) is 17.9 Å². The molecule has 0 saturated carbocycles. The smallest absolute Gasteiger partial charge is 0.237 e. The number of nitrogens with one attached hydrogen (secondary N) is 1. The Labute approximate surface area is 118 Å². The van der Waals surface area contributed by atoms with Crippen molar-refractivity contribution in [3.05, 3.63) is 30.2 Å². The maximum absolute atomic E-state index is 12.1. The van der Waals surface area contributed by atoms with Crippen LogP contribution in [0.4, 0.5) is 0 Å². The molecule has 1 amide bonds. The molecule has 3 N–H and O–H groups in total. The van der Waals surface area contributed by atoms with Crippen molar-refractivity contribution in [2.75, 3.05) is 0 Å². The van der Waals surface area contributed by atoms with Crippen molar-refractivity contribution in [2.24, 2.45) is 11.7 Å². The molecule has 0 aliphatic carbocycles. The fourth-order valence-corrected chi connectivity index (χ4v) is 2.04. The lowest BCUT2D eigenvalue weighted by molar-refractivity contribution is -0.124. The van der Waals surface area contributed by atoms with Crippen LogP contribution in [0.5, 0.6) is 0 Å². The molecule has 0 bridgehead atoms. The summed E-state index contributed by atoms with van der Waals surface area (Å²) in [5, 5.41) is 11.1. The van der Waals surface area contributed by atoms with E-state index in [1.165, 1.54) is 0 Å². The van der Waals surface area contributed by atoms with Gasteiger partial charge in [-0.05, 0) is 25.0 Å². The van der Waals surface area contributed by atoms with Gasteiger partial charge in [-0.1, -0.05) is 26.3 Å². The number of hydrogen-bond donors (Lipinski definition) is 2. The summed E-state index contributed by atoms with van der Waals surface area (Å²) in [6.07, 6.45) is 2.75. The van der Waals surface area contributed by atoms with E-state index in [4.69, 9.17) is 5.73 Å². The number of rotatable bonds is 5. The molecule has 2 rings (SSSR count). The summed E-state index contributed by atoms with van der Waals surface area (Å²) in [5.74, 6) is 0.696. The molecule has 0 fully saturated rings. The highest BCUT2D eigenvalue weighted by Gasteiger charge is 2.23. The lowest BCUT2D eigenvalue weighted by Crippen LogP contribution is -2.45. The molecule has 6 heteroatoms. The Morgan fingerprint density at radius 3 is 2.85 bits per heavy atom. The van der Waals surface area contributed by atoms with Gasteiger partial charge in [0.15, 0.2) is 11.5 Å². The highest BCUT2D eigenvalue weighted by Crippen LogP contribution is 2.13. The number of aromatic nitrogens is 3. The molecule has 2 unspecified atom stereocenters. The molecule has 2 aromatic rings. The zero-order chi connectivity index (χ0) is 14.7. The number of amides is 1. The van der Waals surface area contributed by atoms with E-state index in [0.717, 1.165) is 12.1 Å². The van der Waals surface area contributed by atoms with Crippen LogP contribution in [-0.4, -0.2) is 26.5 Å². The first kappa shape index (κ1) is 14.5. The maximum Gasteiger partial charge on any atom is 0.237 e. The van der Waals surface area contributed by atoms with Crippen molar-refractivity contribution in [1.29, 1.82) is 0 Å². The number of nitrogens with zero attached hydrogens (tertiary/aromatic N) is 3. The Morgan fingerprint density at radius 1 is 1.40 bits per heavy atom. The first-order chi connectivity index (χ1) is 9.54. The van der Waals surface area contributed by atoms with Gasteiger partial charge in [-0.3, -0.25) is 9.20 Å². The molecular weight excluding hydrogens is 254 g/mol. The van der Waals surface area contributed by atoms with Gasteiger partial charge >= 0.3 is 0 Å². The molecule has 0 spiro atoms. The summed E-state index contributed by atoms with van der Waals surface area (Å²) in [5.41, 5.74) is 6.69. The van der Waals surface area contributed by atoms with E-state index in [0.29, 0.717) is 5.82 Å². The van der Waals surface area contributed by atoms with Crippen molar-refractivity contribution >= 4 is 11.6 Å². The molecule has 0 aromatic carbocycles. The number of nitrogens with two attached hydrogens (primary N) is 1. The van der Waals surface area contributed by atoms with E-state index in [1.54, 1.807) is 0 Å². The van der Waals surface area contributed by atoms with Crippen molar-refractivity contribution < 1.29 is 4.79 Å². The second-order valence-corrected chi connectivity index (χ2v) is 5.13. The number of pyridine rings is 1. The number of carbonyl (C=O) groups is 1. The summed E-state index contributed by atoms with van der Waals surface area (Å²) in [6.45, 7) is 5.87. The van der Waals surface area contributed by atoms with Crippen molar-refractivity contribution in [2.45, 2.75) is 39.3 Å². The molecule has 2 aromatic heterocycles. The largest absolute Gasteiger partial charge is 0.345 e. The van der Waals surface area contributed by atoms with Crippen LogP contribution in [0.3, 0.4) is 0 Å². The zero-order valence-electron chi connectivity index (χ0n) is 12.1. The standard InChI is InChI=1S/C14H21N5O/c1-4-9(2)12(15)14(20)16-10(3)13-18-17-11-7-5-6-8-19(11)13/h5-10,12H,4,15H2,1-3H3,(H,16,20)/t9?,10?,12-/m0/s1. The van der Waals surface area contributed by atoms with Crippen LogP contribution in [-0.2, 0) is 4.79 Å². The molecular formula is C14H21N5O. The topological polar surface area (TPSA) is 85.3 Å². The molecule has 20 heavy (non-hydrogen) atoms. The molecule has 6 nitrogen and oxygen atoms in total. The molecule has 108 valence electrons. The Balaban J connectivity index is 2.12. The first-order valence-electron chi connectivity index (χ1n) is 6.90. The fraction of sp³-hybridized carbons (Fsp3) is 0.500. The van der Waals surface area contributed by atoms with Crippen LogP contribution in [0.1, 0.15) is 39.1 Å². The van der Waals surface area contributed by atoms with E-state index in [9.17, 15) is 4.79 Å². The highest BCUT2D eigenvalue weighted by molar-refractivity contribution is 5.82. The first-order valence-corrected chi connectivity index (χ1v) is 6.90. The Morgan fingerprint density at radius 2 is 2.15 bits per heavy atom. The third-order valence-electron chi connectivity index (χ3n) is 3.65. The van der Waals surface area contributed by atoms with Gasteiger partial charge in [0.1, 0.15) is 0 Å². The lowest BCUT2D eigenvalue weighted by Gasteiger charge is -2.20. The average molecular weight is 275 g/mol. The summed E-state index contributed by atoms with van der Waals surface area (Å²) in [6, 6.07) is 4.93. The van der Waals surface area contributed by atoms with E-state index < -0.39 is 6.04 Å². The van der Waals surface area contributed by atoms with E-state index in [2.05, 4.69) is 15.5 Å². The predicted molar refractivity (Wildman–Crippen MR) is 77.0 cm³/mol. The third-order valence-corrected chi connectivity index (χ3v) is 3.65. The van der Waals surface area contributed by atoms with Crippen LogP contribution < -0.4 is 11.1 Å². The highest BCUT2D eigenvalue weighted by atomic mass is 16.2. The summed E-state index contributed by atoms with van der Waals surface area (Å²) < 4.78 is 1.86. The monoisotopic (exact) mass is 275 g/mol. The van der Waals surface area contributed by atoms with Gasteiger partial charge in [-0.25, -0.2) is 0 Å². The normalized spacial score (nSPS) is 15.8. The summed E-state index contributed by atoms with van der Waals surface area (Å²) >= 11 is 0. The predicted octanol–water partition coefficient (Wildman–Crippen LogP) is 1.28. The molecule has 0 radical (unpaired) electrons. The molecule has 0 aliphatic rings. The SMILES string of the molecule is CCC(C)[C@H](N)C(=O)NC(C)c1nnc2ccccn12.